The largest absolute Gasteiger partial charge is 0.493 e. The third-order valence-electron chi connectivity index (χ3n) is 3.76. The van der Waals surface area contributed by atoms with Crippen LogP contribution in [0.3, 0.4) is 0 Å². The fraction of sp³-hybridized carbons (Fsp3) is 0.350. The van der Waals surface area contributed by atoms with Crippen LogP contribution in [0.5, 0.6) is 11.5 Å². The number of carbonyl (C=O) groups is 1. The minimum absolute atomic E-state index is 0.118. The van der Waals surface area contributed by atoms with Crippen molar-refractivity contribution < 1.29 is 32.2 Å². The molecule has 0 aliphatic carbocycles. The van der Waals surface area contributed by atoms with Crippen LogP contribution in [-0.4, -0.2) is 32.5 Å². The standard InChI is InChI=1S/C20H23F3N2O4/c1-3-28-12-15-6-4-14(5-7-15)11-24-19(26)25-16-8-9-17(27-2)18(10-16)29-13-20(21,22)23/h4-10H,3,11-13H2,1-2H3,(H2,24,25,26). The first-order valence-corrected chi connectivity index (χ1v) is 8.88. The number of carbonyl (C=O) groups excluding carboxylic acids is 1. The Morgan fingerprint density at radius 2 is 1.72 bits per heavy atom. The number of halogens is 3. The average molecular weight is 412 g/mol. The van der Waals surface area contributed by atoms with Gasteiger partial charge in [0.15, 0.2) is 18.1 Å². The maximum Gasteiger partial charge on any atom is 0.422 e. The lowest BCUT2D eigenvalue weighted by Crippen LogP contribution is -2.28. The van der Waals surface area contributed by atoms with Crippen LogP contribution in [0, 0.1) is 0 Å². The van der Waals surface area contributed by atoms with Gasteiger partial charge < -0.3 is 24.8 Å². The van der Waals surface area contributed by atoms with E-state index in [1.54, 1.807) is 0 Å². The molecule has 0 fully saturated rings. The van der Waals surface area contributed by atoms with Crippen LogP contribution in [-0.2, 0) is 17.9 Å². The van der Waals surface area contributed by atoms with Crippen LogP contribution in [0.1, 0.15) is 18.1 Å². The van der Waals surface area contributed by atoms with Crippen LogP contribution < -0.4 is 20.1 Å². The fourth-order valence-corrected chi connectivity index (χ4v) is 2.36. The second-order valence-corrected chi connectivity index (χ2v) is 6.03. The van der Waals surface area contributed by atoms with Gasteiger partial charge in [-0.1, -0.05) is 24.3 Å². The Balaban J connectivity index is 1.91. The molecular formula is C20H23F3N2O4. The smallest absolute Gasteiger partial charge is 0.422 e. The van der Waals surface area contributed by atoms with Crippen LogP contribution in [0.15, 0.2) is 42.5 Å². The van der Waals surface area contributed by atoms with Gasteiger partial charge in [-0.05, 0) is 30.2 Å². The highest BCUT2D eigenvalue weighted by Gasteiger charge is 2.29. The fourth-order valence-electron chi connectivity index (χ4n) is 2.36. The molecule has 0 saturated heterocycles. The van der Waals surface area contributed by atoms with Crippen molar-refractivity contribution in [2.24, 2.45) is 0 Å². The van der Waals surface area contributed by atoms with Crippen LogP contribution in [0.25, 0.3) is 0 Å². The zero-order valence-electron chi connectivity index (χ0n) is 16.1. The van der Waals surface area contributed by atoms with Gasteiger partial charge >= 0.3 is 12.2 Å². The molecule has 6 nitrogen and oxygen atoms in total. The molecule has 2 rings (SSSR count). The number of nitrogens with one attached hydrogen (secondary N) is 2. The Labute approximate surface area is 167 Å². The number of anilines is 1. The maximum atomic E-state index is 12.4. The van der Waals surface area contributed by atoms with Gasteiger partial charge in [0, 0.05) is 24.9 Å². The summed E-state index contributed by atoms with van der Waals surface area (Å²) in [6.07, 6.45) is -4.48. The lowest BCUT2D eigenvalue weighted by atomic mass is 10.1. The van der Waals surface area contributed by atoms with Crippen molar-refractivity contribution in [3.63, 3.8) is 0 Å². The molecular weight excluding hydrogens is 389 g/mol. The highest BCUT2D eigenvalue weighted by molar-refractivity contribution is 5.89. The van der Waals surface area contributed by atoms with E-state index in [0.717, 1.165) is 11.1 Å². The van der Waals surface area contributed by atoms with Crippen LogP contribution >= 0.6 is 0 Å². The van der Waals surface area contributed by atoms with Gasteiger partial charge in [0.2, 0.25) is 0 Å². The molecule has 2 aromatic carbocycles. The summed E-state index contributed by atoms with van der Waals surface area (Å²) in [6.45, 7) is 1.91. The third-order valence-corrected chi connectivity index (χ3v) is 3.76. The van der Waals surface area contributed by atoms with Crippen molar-refractivity contribution in [3.8, 4) is 11.5 Å². The Morgan fingerprint density at radius 1 is 1.03 bits per heavy atom. The molecule has 2 amide bonds. The van der Waals surface area contributed by atoms with Crippen LogP contribution in [0.2, 0.25) is 0 Å². The number of hydrogen-bond donors (Lipinski definition) is 2. The van der Waals surface area contributed by atoms with Crippen molar-refractivity contribution in [2.75, 3.05) is 25.6 Å². The summed E-state index contributed by atoms with van der Waals surface area (Å²) in [5.41, 5.74) is 2.20. The second kappa shape index (κ2) is 10.6. The molecule has 0 saturated carbocycles. The Hall–Kier alpha value is -2.94. The average Bonchev–Trinajstić information content (AvgIpc) is 2.69. The van der Waals surface area contributed by atoms with Crippen molar-refractivity contribution in [1.29, 1.82) is 0 Å². The van der Waals surface area contributed by atoms with Crippen molar-refractivity contribution >= 4 is 11.7 Å². The molecule has 0 spiro atoms. The lowest BCUT2D eigenvalue weighted by Gasteiger charge is -2.14. The Bertz CT molecular complexity index is 795. The number of rotatable bonds is 9. The predicted octanol–water partition coefficient (Wildman–Crippen LogP) is 4.49. The van der Waals surface area contributed by atoms with E-state index in [1.807, 2.05) is 31.2 Å². The molecule has 0 atom stereocenters. The zero-order valence-corrected chi connectivity index (χ0v) is 16.1. The molecule has 0 aliphatic heterocycles. The zero-order chi connectivity index (χ0) is 21.3. The van der Waals surface area contributed by atoms with E-state index in [9.17, 15) is 18.0 Å². The van der Waals surface area contributed by atoms with Crippen molar-refractivity contribution in [2.45, 2.75) is 26.3 Å². The van der Waals surface area contributed by atoms with E-state index in [2.05, 4.69) is 10.6 Å². The molecule has 29 heavy (non-hydrogen) atoms. The first-order chi connectivity index (χ1) is 13.8. The Kier molecular flexibility index (Phi) is 8.14. The molecule has 0 bridgehead atoms. The maximum absolute atomic E-state index is 12.4. The number of hydrogen-bond acceptors (Lipinski definition) is 4. The van der Waals surface area contributed by atoms with E-state index < -0.39 is 18.8 Å². The van der Waals surface area contributed by atoms with Crippen molar-refractivity contribution in [1.82, 2.24) is 5.32 Å². The van der Waals surface area contributed by atoms with E-state index >= 15 is 0 Å². The minimum atomic E-state index is -4.48. The second-order valence-electron chi connectivity index (χ2n) is 6.03. The van der Waals surface area contributed by atoms with Gasteiger partial charge in [0.05, 0.1) is 13.7 Å². The highest BCUT2D eigenvalue weighted by atomic mass is 19.4. The quantitative estimate of drug-likeness (QED) is 0.637. The van der Waals surface area contributed by atoms with E-state index in [4.69, 9.17) is 14.2 Å². The van der Waals surface area contributed by atoms with Gasteiger partial charge in [0.1, 0.15) is 0 Å². The van der Waals surface area contributed by atoms with E-state index in [0.29, 0.717) is 13.2 Å². The molecule has 0 heterocycles. The summed E-state index contributed by atoms with van der Waals surface area (Å²) in [5.74, 6) is 0.0138. The molecule has 2 aromatic rings. The topological polar surface area (TPSA) is 68.8 Å². The minimum Gasteiger partial charge on any atom is -0.493 e. The first kappa shape index (κ1) is 22.4. The molecule has 0 unspecified atom stereocenters. The van der Waals surface area contributed by atoms with Crippen molar-refractivity contribution in [3.05, 3.63) is 53.6 Å². The number of alkyl halides is 3. The molecule has 9 heteroatoms. The third kappa shape index (κ3) is 7.90. The van der Waals surface area contributed by atoms with Gasteiger partial charge in [0.25, 0.3) is 0 Å². The Morgan fingerprint density at radius 3 is 2.34 bits per heavy atom. The molecule has 0 aliphatic rings. The number of urea groups is 1. The summed E-state index contributed by atoms with van der Waals surface area (Å²) in [4.78, 5) is 12.1. The van der Waals surface area contributed by atoms with Gasteiger partial charge in [-0.3, -0.25) is 0 Å². The normalized spacial score (nSPS) is 11.1. The molecule has 0 radical (unpaired) electrons. The highest BCUT2D eigenvalue weighted by Crippen LogP contribution is 2.31. The van der Waals surface area contributed by atoms with Crippen LogP contribution in [0.4, 0.5) is 23.7 Å². The summed E-state index contributed by atoms with van der Waals surface area (Å²) in [5, 5.41) is 5.23. The summed E-state index contributed by atoms with van der Waals surface area (Å²) in [6, 6.07) is 11.3. The lowest BCUT2D eigenvalue weighted by molar-refractivity contribution is -0.153. The van der Waals surface area contributed by atoms with Gasteiger partial charge in [-0.25, -0.2) is 4.79 Å². The van der Waals surface area contributed by atoms with Gasteiger partial charge in [-0.2, -0.15) is 13.2 Å². The summed E-state index contributed by atoms with van der Waals surface area (Å²) in [7, 11) is 1.31. The van der Waals surface area contributed by atoms with E-state index in [1.165, 1.54) is 25.3 Å². The first-order valence-electron chi connectivity index (χ1n) is 8.88. The molecule has 0 aromatic heterocycles. The predicted molar refractivity (Wildman–Crippen MR) is 102 cm³/mol. The molecule has 2 N–H and O–H groups in total. The number of benzene rings is 2. The SMILES string of the molecule is CCOCc1ccc(CNC(=O)Nc2ccc(OC)c(OCC(F)(F)F)c2)cc1. The van der Waals surface area contributed by atoms with E-state index in [-0.39, 0.29) is 23.7 Å². The number of ether oxygens (including phenoxy) is 3. The summed E-state index contributed by atoms with van der Waals surface area (Å²) < 4.78 is 52.2. The number of methoxy groups -OCH3 is 1. The molecule has 158 valence electrons. The monoisotopic (exact) mass is 412 g/mol. The number of amides is 2. The van der Waals surface area contributed by atoms with Gasteiger partial charge in [-0.15, -0.1) is 0 Å². The summed E-state index contributed by atoms with van der Waals surface area (Å²) >= 11 is 0.